The second-order valence-electron chi connectivity index (χ2n) is 2.85. The highest BCUT2D eigenvalue weighted by atomic mass is 31.1. The van der Waals surface area contributed by atoms with E-state index in [1.54, 1.807) is 30.3 Å². The van der Waals surface area contributed by atoms with Crippen molar-refractivity contribution in [3.8, 4) is 0 Å². The monoisotopic (exact) mass is 213 g/mol. The topological polar surface area (TPSA) is 74.6 Å². The van der Waals surface area contributed by atoms with E-state index in [-0.39, 0.29) is 6.42 Å². The Morgan fingerprint density at radius 3 is 2.36 bits per heavy atom. The van der Waals surface area contributed by atoms with Crippen LogP contribution in [0.2, 0.25) is 0 Å². The van der Waals surface area contributed by atoms with Gasteiger partial charge in [0.05, 0.1) is 0 Å². The van der Waals surface area contributed by atoms with Crippen molar-refractivity contribution in [2.24, 2.45) is 0 Å². The second-order valence-corrected chi connectivity index (χ2v) is 4.07. The van der Waals surface area contributed by atoms with Crippen molar-refractivity contribution in [2.75, 3.05) is 0 Å². The predicted octanol–water partition coefficient (Wildman–Crippen LogP) is 1.42. The number of carboxylic acids is 1. The van der Waals surface area contributed by atoms with Gasteiger partial charge in [-0.05, 0) is 10.1 Å². The number of carbonyl (C=O) groups is 1. The zero-order chi connectivity index (χ0) is 10.6. The van der Waals surface area contributed by atoms with Crippen molar-refractivity contribution >= 4 is 14.0 Å². The average molecular weight is 213 g/mol. The molecule has 0 aliphatic heterocycles. The molecule has 0 saturated carbocycles. The predicted molar refractivity (Wildman–Crippen MR) is 51.4 cm³/mol. The van der Waals surface area contributed by atoms with E-state index in [0.29, 0.717) is 0 Å². The molecule has 0 spiro atoms. The Morgan fingerprint density at radius 1 is 1.36 bits per heavy atom. The van der Waals surface area contributed by atoms with Crippen LogP contribution in [0.3, 0.4) is 0 Å². The Bertz CT molecular complexity index is 322. The first-order chi connectivity index (χ1) is 6.61. The minimum Gasteiger partial charge on any atom is -0.478 e. The molecule has 1 unspecified atom stereocenters. The highest BCUT2D eigenvalue weighted by molar-refractivity contribution is 7.40. The van der Waals surface area contributed by atoms with Crippen LogP contribution in [0.15, 0.2) is 30.3 Å². The smallest absolute Gasteiger partial charge is 0.478 e. The van der Waals surface area contributed by atoms with Gasteiger partial charge in [0.15, 0.2) is 0 Å². The van der Waals surface area contributed by atoms with Crippen LogP contribution >= 0.6 is 8.03 Å². The zero-order valence-corrected chi connectivity index (χ0v) is 8.22. The Labute approximate surface area is 82.1 Å². The van der Waals surface area contributed by atoms with Crippen LogP contribution in [0.4, 0.5) is 0 Å². The van der Waals surface area contributed by atoms with Gasteiger partial charge in [-0.15, -0.1) is 0 Å². The van der Waals surface area contributed by atoms with Crippen molar-refractivity contribution < 1.29 is 19.4 Å². The lowest BCUT2D eigenvalue weighted by Gasteiger charge is -1.99. The Hall–Kier alpha value is -1.25. The van der Waals surface area contributed by atoms with Gasteiger partial charge in [0, 0.05) is 6.42 Å². The normalized spacial score (nSPS) is 13.4. The molecule has 0 fully saturated rings. The van der Waals surface area contributed by atoms with Crippen LogP contribution in [0.5, 0.6) is 0 Å². The van der Waals surface area contributed by atoms with Crippen molar-refractivity contribution in [1.29, 1.82) is 0 Å². The lowest BCUT2D eigenvalue weighted by atomic mass is 10.1. The lowest BCUT2D eigenvalue weighted by molar-refractivity contribution is -0.136. The van der Waals surface area contributed by atoms with E-state index in [1.807, 2.05) is 0 Å². The molecule has 0 saturated heterocycles. The van der Waals surface area contributed by atoms with Crippen molar-refractivity contribution in [3.05, 3.63) is 35.9 Å². The van der Waals surface area contributed by atoms with E-state index in [4.69, 9.17) is 10.00 Å². The fraction of sp³-hybridized carbons (Fsp3) is 0.222. The van der Waals surface area contributed by atoms with Crippen LogP contribution in [-0.4, -0.2) is 21.6 Å². The van der Waals surface area contributed by atoms with Crippen LogP contribution in [0.25, 0.3) is 0 Å². The highest BCUT2D eigenvalue weighted by Crippen LogP contribution is 2.25. The summed E-state index contributed by atoms with van der Waals surface area (Å²) in [6.07, 6.45) is 0.0852. The molecule has 14 heavy (non-hydrogen) atoms. The van der Waals surface area contributed by atoms with Crippen LogP contribution < -0.4 is 0 Å². The number of aliphatic carboxylic acids is 1. The fourth-order valence-electron chi connectivity index (χ4n) is 1.10. The number of rotatable bonds is 4. The summed E-state index contributed by atoms with van der Waals surface area (Å²) in [6.45, 7) is 0. The molecule has 2 atom stereocenters. The SMILES string of the molecule is O=C(O)[C@H](Cc1ccccc1)[P+](=O)O. The van der Waals surface area contributed by atoms with E-state index >= 15 is 0 Å². The molecule has 0 aliphatic rings. The van der Waals surface area contributed by atoms with Gasteiger partial charge >= 0.3 is 14.0 Å². The molecule has 0 aliphatic carbocycles. The van der Waals surface area contributed by atoms with Gasteiger partial charge in [0.2, 0.25) is 0 Å². The summed E-state index contributed by atoms with van der Waals surface area (Å²) in [5, 5.41) is 8.66. The Balaban J connectivity index is 2.75. The minimum atomic E-state index is -2.68. The Morgan fingerprint density at radius 2 is 1.93 bits per heavy atom. The molecule has 0 aromatic heterocycles. The molecule has 4 nitrogen and oxygen atoms in total. The van der Waals surface area contributed by atoms with Gasteiger partial charge in [-0.3, -0.25) is 0 Å². The first-order valence-corrected chi connectivity index (χ1v) is 5.31. The van der Waals surface area contributed by atoms with Crippen molar-refractivity contribution in [1.82, 2.24) is 0 Å². The van der Waals surface area contributed by atoms with Crippen LogP contribution in [0, 0.1) is 0 Å². The second kappa shape index (κ2) is 4.84. The van der Waals surface area contributed by atoms with Gasteiger partial charge in [0.1, 0.15) is 0 Å². The van der Waals surface area contributed by atoms with Gasteiger partial charge in [-0.2, -0.15) is 4.89 Å². The molecular weight excluding hydrogens is 203 g/mol. The van der Waals surface area contributed by atoms with Gasteiger partial charge in [0.25, 0.3) is 5.66 Å². The summed E-state index contributed by atoms with van der Waals surface area (Å²) < 4.78 is 10.7. The van der Waals surface area contributed by atoms with E-state index in [2.05, 4.69) is 0 Å². The molecule has 1 rings (SSSR count). The maximum atomic E-state index is 10.7. The lowest BCUT2D eigenvalue weighted by Crippen LogP contribution is -2.18. The zero-order valence-electron chi connectivity index (χ0n) is 7.33. The molecule has 1 aromatic carbocycles. The summed E-state index contributed by atoms with van der Waals surface area (Å²) in [7, 11) is -2.68. The third kappa shape index (κ3) is 2.91. The first-order valence-electron chi connectivity index (χ1n) is 4.03. The van der Waals surface area contributed by atoms with Gasteiger partial charge < -0.3 is 5.11 Å². The molecular formula is C9H10O4P+. The molecule has 0 radical (unpaired) electrons. The molecule has 2 N–H and O–H groups in total. The van der Waals surface area contributed by atoms with E-state index < -0.39 is 19.7 Å². The van der Waals surface area contributed by atoms with E-state index in [0.717, 1.165) is 5.56 Å². The summed E-state index contributed by atoms with van der Waals surface area (Å²) >= 11 is 0. The van der Waals surface area contributed by atoms with E-state index in [1.165, 1.54) is 0 Å². The maximum absolute atomic E-state index is 10.7. The summed E-state index contributed by atoms with van der Waals surface area (Å²) in [6, 6.07) is 8.79. The van der Waals surface area contributed by atoms with Crippen molar-refractivity contribution in [3.63, 3.8) is 0 Å². The molecule has 0 bridgehead atoms. The third-order valence-corrected chi connectivity index (χ3v) is 2.76. The Kier molecular flexibility index (Phi) is 3.74. The fourth-order valence-corrected chi connectivity index (χ4v) is 1.65. The number of carboxylic acid groups (broad SMARTS) is 1. The largest absolute Gasteiger partial charge is 0.521 e. The highest BCUT2D eigenvalue weighted by Gasteiger charge is 2.36. The van der Waals surface area contributed by atoms with Gasteiger partial charge in [-0.1, -0.05) is 30.3 Å². The van der Waals surface area contributed by atoms with Gasteiger partial charge in [-0.25, -0.2) is 4.79 Å². The molecule has 0 amide bonds. The summed E-state index contributed by atoms with van der Waals surface area (Å²) in [4.78, 5) is 19.4. The van der Waals surface area contributed by atoms with Crippen LogP contribution in [-0.2, 0) is 15.8 Å². The van der Waals surface area contributed by atoms with E-state index in [9.17, 15) is 9.36 Å². The summed E-state index contributed by atoms with van der Waals surface area (Å²) in [5.74, 6) is -1.24. The molecule has 1 aromatic rings. The van der Waals surface area contributed by atoms with Crippen LogP contribution in [0.1, 0.15) is 5.56 Å². The quantitative estimate of drug-likeness (QED) is 0.741. The number of hydrogen-bond donors (Lipinski definition) is 2. The maximum Gasteiger partial charge on any atom is 0.521 e. The first kappa shape index (κ1) is 10.8. The number of hydrogen-bond acceptors (Lipinski definition) is 2. The molecule has 5 heteroatoms. The molecule has 74 valence electrons. The molecule has 0 heterocycles. The number of benzene rings is 1. The summed E-state index contributed by atoms with van der Waals surface area (Å²) in [5.41, 5.74) is -0.468. The third-order valence-electron chi connectivity index (χ3n) is 1.82. The standard InChI is InChI=1S/C9H9O4P/c10-9(11)8(14(12)13)6-7-4-2-1-3-5-7/h1-5,8H,6H2,(H-,10,11,12,13)/p+1/t8-/m0/s1. The van der Waals surface area contributed by atoms with Crippen molar-refractivity contribution in [2.45, 2.75) is 12.1 Å². The average Bonchev–Trinajstić information content (AvgIpc) is 2.15. The minimum absolute atomic E-state index is 0.0852.